The second-order valence-electron chi connectivity index (χ2n) is 19.8. The maximum Gasteiger partial charge on any atom is 2.00 e. The number of carbonyl (C=O) groups is 5. The number of aliphatic hydroxyl groups excluding tert-OH is 4. The molecule has 0 radical (unpaired) electrons. The quantitative estimate of drug-likeness (QED) is 0.0918. The summed E-state index contributed by atoms with van der Waals surface area (Å²) in [5, 5.41) is 61.3. The number of amides is 2. The van der Waals surface area contributed by atoms with Gasteiger partial charge in [-0.1, -0.05) is 67.9 Å². The zero-order valence-corrected chi connectivity index (χ0v) is 39.6. The minimum atomic E-state index is -1.37. The van der Waals surface area contributed by atoms with Crippen LogP contribution in [0.3, 0.4) is 0 Å². The maximum absolute atomic E-state index is 12.1. The van der Waals surface area contributed by atoms with Gasteiger partial charge < -0.3 is 50.9 Å². The molecule has 4 aliphatic carbocycles. The molecule has 14 heteroatoms. The fourth-order valence-electron chi connectivity index (χ4n) is 10.7. The van der Waals surface area contributed by atoms with Crippen LogP contribution in [0.1, 0.15) is 145 Å². The summed E-state index contributed by atoms with van der Waals surface area (Å²) in [7, 11) is 0. The van der Waals surface area contributed by atoms with E-state index in [9.17, 15) is 44.4 Å². The van der Waals surface area contributed by atoms with Crippen LogP contribution in [0.4, 0.5) is 0 Å². The van der Waals surface area contributed by atoms with Crippen LogP contribution in [0.15, 0.2) is 12.2 Å². The van der Waals surface area contributed by atoms with Crippen molar-refractivity contribution in [1.82, 2.24) is 10.6 Å². The van der Waals surface area contributed by atoms with E-state index in [1.165, 1.54) is 91.9 Å². The molecule has 0 aromatic carbocycles. The number of nitrogens with one attached hydrogen (secondary N) is 2. The Morgan fingerprint density at radius 2 is 1.22 bits per heavy atom. The van der Waals surface area contributed by atoms with Crippen molar-refractivity contribution in [3.05, 3.63) is 12.2 Å². The zero-order chi connectivity index (χ0) is 44.2. The predicted molar refractivity (Wildman–Crippen MR) is 223 cm³/mol. The van der Waals surface area contributed by atoms with Crippen molar-refractivity contribution in [2.24, 2.45) is 57.2 Å². The molecule has 0 aromatic heterocycles. The van der Waals surface area contributed by atoms with Gasteiger partial charge in [0.25, 0.3) is 0 Å². The molecule has 334 valence electrons. The molecule has 4 rings (SSSR count). The van der Waals surface area contributed by atoms with Gasteiger partial charge in [-0.25, -0.2) is 0 Å². The number of carbonyl (C=O) groups excluding carboxylic acids is 5. The zero-order valence-electron chi connectivity index (χ0n) is 37.4. The summed E-state index contributed by atoms with van der Waals surface area (Å²) in [6.07, 6.45) is 13.2. The Morgan fingerprint density at radius 1 is 0.729 bits per heavy atom. The molecule has 0 saturated heterocycles. The summed E-state index contributed by atoms with van der Waals surface area (Å²) in [5.41, 5.74) is 0.0165. The van der Waals surface area contributed by atoms with Gasteiger partial charge in [0.05, 0.1) is 13.2 Å². The molecule has 0 bridgehead atoms. The van der Waals surface area contributed by atoms with Gasteiger partial charge in [0.1, 0.15) is 12.2 Å². The molecule has 13 nitrogen and oxygen atoms in total. The van der Waals surface area contributed by atoms with Gasteiger partial charge in [0.15, 0.2) is 5.78 Å². The molecule has 59 heavy (non-hydrogen) atoms. The van der Waals surface area contributed by atoms with Crippen molar-refractivity contribution in [2.45, 2.75) is 157 Å². The molecule has 0 aliphatic heterocycles. The topological polar surface area (TPSA) is 236 Å². The van der Waals surface area contributed by atoms with Crippen molar-refractivity contribution in [1.29, 1.82) is 0 Å². The SMILES string of the molecule is C=C(C)C(=O)CC[C@@H](C)[C@H]1CC[C@H]2[C@@H]3CCC4CCCC[C@]4(C)[C@H]3CC[C@]12C.CC(C)(CO)[C@@H](O)C(=O)NCCC(=O)[O-].CC(C)(CO)[C@@H](O)C(=O)NCCC(=O)[O-].[Ca+2]. The van der Waals surface area contributed by atoms with Crippen LogP contribution in [-0.2, 0) is 24.0 Å². The Balaban J connectivity index is 0.000000483. The second kappa shape index (κ2) is 24.3. The normalized spacial score (nSPS) is 28.7. The first-order valence-electron chi connectivity index (χ1n) is 21.6. The molecule has 10 atom stereocenters. The number of hydrogen-bond acceptors (Lipinski definition) is 11. The monoisotopic (exact) mass is 861 g/mol. The average molecular weight is 861 g/mol. The number of rotatable bonds is 17. The summed E-state index contributed by atoms with van der Waals surface area (Å²) < 4.78 is 0. The molecule has 6 N–H and O–H groups in total. The number of allylic oxidation sites excluding steroid dienone is 1. The molecule has 4 fully saturated rings. The fourth-order valence-corrected chi connectivity index (χ4v) is 10.7. The number of ketones is 1. The fraction of sp³-hybridized carbons (Fsp3) is 0.844. The molecule has 4 aliphatic rings. The maximum atomic E-state index is 12.1. The first-order valence-corrected chi connectivity index (χ1v) is 21.6. The van der Waals surface area contributed by atoms with E-state index >= 15 is 0 Å². The van der Waals surface area contributed by atoms with E-state index in [2.05, 4.69) is 38.0 Å². The predicted octanol–water partition coefficient (Wildman–Crippen LogP) is 2.46. The number of fused-ring (bicyclic) bond motifs is 5. The molecule has 2 amide bonds. The van der Waals surface area contributed by atoms with Crippen LogP contribution in [-0.4, -0.2) is 126 Å². The van der Waals surface area contributed by atoms with Crippen LogP contribution in [0.5, 0.6) is 0 Å². The standard InChI is InChI=1S/C27H44O.2C9H17NO5.Ca/c1-18(2)25(28)14-9-19(3)22-12-13-23-21-11-10-20-8-6-7-16-26(20,4)24(21)15-17-27(22,23)5;2*1-9(2,5-11)7(14)8(15)10-4-3-6(12)13;/h19-24H,1,6-17H2,2-5H3;2*7,11,14H,3-5H2,1-2H3,(H,10,15)(H,12,13);/q;;;+2/p-2/t19-,20?,21+,22-,23+,24+,26+,27-;2*7-;/m100./s1. The van der Waals surface area contributed by atoms with Gasteiger partial charge >= 0.3 is 37.7 Å². The number of Topliss-reactive ketones (excluding diaryl/α,β-unsaturated/α-hetero) is 1. The van der Waals surface area contributed by atoms with Crippen LogP contribution in [0.2, 0.25) is 0 Å². The Bertz CT molecular complexity index is 1370. The third-order valence-electron chi connectivity index (χ3n) is 14.7. The Labute approximate surface area is 383 Å². The summed E-state index contributed by atoms with van der Waals surface area (Å²) in [6.45, 7) is 18.7. The van der Waals surface area contributed by atoms with E-state index in [0.29, 0.717) is 23.2 Å². The Hall–Kier alpha value is -1.61. The van der Waals surface area contributed by atoms with Crippen molar-refractivity contribution in [3.8, 4) is 0 Å². The Morgan fingerprint density at radius 3 is 1.68 bits per heavy atom. The minimum Gasteiger partial charge on any atom is -0.550 e. The van der Waals surface area contributed by atoms with Crippen molar-refractivity contribution in [3.63, 3.8) is 0 Å². The van der Waals surface area contributed by atoms with E-state index in [-0.39, 0.29) is 82.7 Å². The molecular formula is C45H76CaN2O11. The summed E-state index contributed by atoms with van der Waals surface area (Å²) in [5.74, 6) is 1.81. The number of hydrogen-bond donors (Lipinski definition) is 6. The molecule has 1 unspecified atom stereocenters. The van der Waals surface area contributed by atoms with Gasteiger partial charge in [0.2, 0.25) is 11.8 Å². The van der Waals surface area contributed by atoms with E-state index < -0.39 is 46.8 Å². The van der Waals surface area contributed by atoms with E-state index in [1.54, 1.807) is 0 Å². The molecule has 0 heterocycles. The van der Waals surface area contributed by atoms with Gasteiger partial charge in [-0.15, -0.1) is 0 Å². The first kappa shape index (κ1) is 55.4. The number of aliphatic carboxylic acids is 2. The molecular weight excluding hydrogens is 785 g/mol. The number of carboxylic acids is 2. The van der Waals surface area contributed by atoms with Crippen molar-refractivity contribution >= 4 is 67.3 Å². The smallest absolute Gasteiger partial charge is 0.550 e. The second-order valence-corrected chi connectivity index (χ2v) is 19.8. The van der Waals surface area contributed by atoms with E-state index in [4.69, 9.17) is 10.2 Å². The van der Waals surface area contributed by atoms with Gasteiger partial charge in [0, 0.05) is 55.1 Å². The number of aliphatic hydroxyl groups is 4. The molecule has 0 spiro atoms. The first-order chi connectivity index (χ1) is 26.9. The summed E-state index contributed by atoms with van der Waals surface area (Å²) in [4.78, 5) is 54.6. The van der Waals surface area contributed by atoms with Gasteiger partial charge in [-0.3, -0.25) is 14.4 Å². The number of carboxylic acid groups (broad SMARTS) is 2. The molecule has 4 saturated carbocycles. The summed E-state index contributed by atoms with van der Waals surface area (Å²) in [6, 6.07) is 0. The van der Waals surface area contributed by atoms with Gasteiger partial charge in [-0.05, 0) is 117 Å². The van der Waals surface area contributed by atoms with Gasteiger partial charge in [-0.2, -0.15) is 0 Å². The van der Waals surface area contributed by atoms with Crippen molar-refractivity contribution in [2.75, 3.05) is 26.3 Å². The summed E-state index contributed by atoms with van der Waals surface area (Å²) >= 11 is 0. The third kappa shape index (κ3) is 15.0. The minimum absolute atomic E-state index is 0. The Kier molecular flexibility index (Phi) is 22.8. The van der Waals surface area contributed by atoms with Crippen LogP contribution >= 0.6 is 0 Å². The van der Waals surface area contributed by atoms with Crippen LogP contribution < -0.4 is 20.8 Å². The largest absolute Gasteiger partial charge is 2.00 e. The average Bonchev–Trinajstić information content (AvgIpc) is 3.53. The van der Waals surface area contributed by atoms with E-state index in [1.807, 2.05) is 6.92 Å². The van der Waals surface area contributed by atoms with Crippen LogP contribution in [0, 0.1) is 57.2 Å². The van der Waals surface area contributed by atoms with Crippen LogP contribution in [0.25, 0.3) is 0 Å². The van der Waals surface area contributed by atoms with Crippen molar-refractivity contribution < 1.29 is 54.6 Å². The molecule has 0 aromatic rings. The van der Waals surface area contributed by atoms with E-state index in [0.717, 1.165) is 41.6 Å². The third-order valence-corrected chi connectivity index (χ3v) is 14.7.